The van der Waals surface area contributed by atoms with Gasteiger partial charge >= 0.3 is 0 Å². The number of aromatic hydroxyl groups is 1. The molecule has 1 atom stereocenters. The minimum Gasteiger partial charge on any atom is -0.508 e. The van der Waals surface area contributed by atoms with Crippen molar-refractivity contribution in [3.05, 3.63) is 75.5 Å². The van der Waals surface area contributed by atoms with Crippen LogP contribution >= 0.6 is 11.9 Å². The maximum Gasteiger partial charge on any atom is 0.214 e. The highest BCUT2D eigenvalue weighted by molar-refractivity contribution is 8.01. The average molecular weight is 355 g/mol. The van der Waals surface area contributed by atoms with Crippen LogP contribution < -0.4 is 15.9 Å². The predicted octanol–water partition coefficient (Wildman–Crippen LogP) is 2.28. The molecule has 0 fully saturated rings. The molecule has 0 aromatic heterocycles. The Morgan fingerprint density at radius 3 is 3.08 bits per heavy atom. The van der Waals surface area contributed by atoms with Gasteiger partial charge in [-0.3, -0.25) is 5.43 Å². The minimum absolute atomic E-state index is 0.0718. The number of phenolic OH excluding ortho intramolecular Hbond substituents is 1. The summed E-state index contributed by atoms with van der Waals surface area (Å²) in [5.41, 5.74) is 12.4. The van der Waals surface area contributed by atoms with Crippen LogP contribution in [0.25, 0.3) is 0 Å². The van der Waals surface area contributed by atoms with E-state index in [9.17, 15) is 9.50 Å². The number of halogens is 1. The number of nitrogens with one attached hydrogen (secondary N) is 2. The number of phenols is 1. The van der Waals surface area contributed by atoms with Crippen molar-refractivity contribution in [3.63, 3.8) is 0 Å². The van der Waals surface area contributed by atoms with E-state index in [-0.39, 0.29) is 11.7 Å². The van der Waals surface area contributed by atoms with E-state index in [0.717, 1.165) is 33.8 Å². The predicted molar refractivity (Wildman–Crippen MR) is 94.0 cm³/mol. The van der Waals surface area contributed by atoms with Crippen LogP contribution in [0, 0.1) is 5.82 Å². The molecule has 1 aromatic rings. The van der Waals surface area contributed by atoms with Gasteiger partial charge in [-0.1, -0.05) is 12.1 Å². The maximum atomic E-state index is 14.4. The number of guanidine groups is 1. The Morgan fingerprint density at radius 1 is 1.36 bits per heavy atom. The summed E-state index contributed by atoms with van der Waals surface area (Å²) in [4.78, 5) is 5.35. The third-order valence-corrected chi connectivity index (χ3v) is 5.49. The quantitative estimate of drug-likeness (QED) is 0.579. The molecular formula is C17H14FN5OS. The normalized spacial score (nSPS) is 23.6. The van der Waals surface area contributed by atoms with Crippen LogP contribution in [0.5, 0.6) is 5.75 Å². The molecule has 5 rings (SSSR count). The Hall–Kier alpha value is -2.87. The zero-order valence-electron chi connectivity index (χ0n) is 13.0. The Morgan fingerprint density at radius 2 is 2.24 bits per heavy atom. The summed E-state index contributed by atoms with van der Waals surface area (Å²) in [5, 5.41) is 11.3. The van der Waals surface area contributed by atoms with Crippen molar-refractivity contribution in [3.8, 4) is 5.75 Å². The van der Waals surface area contributed by atoms with E-state index in [4.69, 9.17) is 5.73 Å². The lowest BCUT2D eigenvalue weighted by molar-refractivity contribution is 0.404. The van der Waals surface area contributed by atoms with Crippen molar-refractivity contribution >= 4 is 17.9 Å². The average Bonchev–Trinajstić information content (AvgIpc) is 3.13. The van der Waals surface area contributed by atoms with Gasteiger partial charge in [0.1, 0.15) is 11.6 Å². The van der Waals surface area contributed by atoms with Crippen molar-refractivity contribution in [2.45, 2.75) is 12.3 Å². The Balaban J connectivity index is 1.62. The molecule has 25 heavy (non-hydrogen) atoms. The van der Waals surface area contributed by atoms with E-state index in [1.54, 1.807) is 6.07 Å². The molecule has 0 bridgehead atoms. The van der Waals surface area contributed by atoms with Gasteiger partial charge < -0.3 is 15.6 Å². The highest BCUT2D eigenvalue weighted by atomic mass is 32.2. The fourth-order valence-electron chi connectivity index (χ4n) is 3.52. The van der Waals surface area contributed by atoms with Gasteiger partial charge in [0, 0.05) is 28.2 Å². The van der Waals surface area contributed by atoms with Gasteiger partial charge in [-0.25, -0.2) is 9.40 Å². The van der Waals surface area contributed by atoms with Crippen molar-refractivity contribution in [1.82, 2.24) is 15.2 Å². The molecule has 0 saturated heterocycles. The van der Waals surface area contributed by atoms with Crippen LogP contribution in [0.4, 0.5) is 4.39 Å². The molecule has 0 radical (unpaired) electrons. The molecule has 1 aromatic carbocycles. The van der Waals surface area contributed by atoms with Crippen LogP contribution in [0.1, 0.15) is 17.9 Å². The van der Waals surface area contributed by atoms with Crippen molar-refractivity contribution in [2.24, 2.45) is 10.7 Å². The molecule has 0 amide bonds. The number of nitrogens with two attached hydrogens (primary N) is 1. The number of nitrogens with zero attached hydrogens (tertiary/aromatic N) is 2. The number of aliphatic imine (C=N–C) groups is 1. The van der Waals surface area contributed by atoms with E-state index in [1.807, 2.05) is 17.2 Å². The molecular weight excluding hydrogens is 341 g/mol. The highest BCUT2D eigenvalue weighted by Gasteiger charge is 2.38. The minimum atomic E-state index is -0.404. The van der Waals surface area contributed by atoms with Crippen LogP contribution in [0.3, 0.4) is 0 Å². The van der Waals surface area contributed by atoms with Crippen LogP contribution in [0.15, 0.2) is 69.1 Å². The SMILES string of the molecule is NC1=NC2=CC=C3SNC4=C3C(=CCC4c3ccc(O)cc3F)N2N1. The standard InChI is InChI=1S/C17H14FN5OS/c18-11-7-8(24)1-2-9(11)10-3-4-12-15-13(25-22-16(10)15)5-6-14-20-17(19)21-23(12)14/h1-2,4-7,10,22,24H,3H2,(H3,19,20,21). The molecule has 5 N–H and O–H groups in total. The van der Waals surface area contributed by atoms with Gasteiger partial charge in [0.15, 0.2) is 5.82 Å². The first-order valence-corrected chi connectivity index (χ1v) is 8.63. The third kappa shape index (κ3) is 2.07. The Bertz CT molecular complexity index is 962. The smallest absolute Gasteiger partial charge is 0.214 e. The zero-order chi connectivity index (χ0) is 17.1. The number of hydrogen-bond donors (Lipinski definition) is 4. The molecule has 3 heterocycles. The van der Waals surface area contributed by atoms with E-state index in [1.165, 1.54) is 18.0 Å². The van der Waals surface area contributed by atoms with Crippen LogP contribution in [-0.4, -0.2) is 16.1 Å². The molecule has 1 unspecified atom stereocenters. The number of hydrogen-bond acceptors (Lipinski definition) is 7. The second-order valence-corrected chi connectivity index (χ2v) is 6.92. The third-order valence-electron chi connectivity index (χ3n) is 4.61. The van der Waals surface area contributed by atoms with Gasteiger partial charge in [-0.2, -0.15) is 4.99 Å². The summed E-state index contributed by atoms with van der Waals surface area (Å²) in [6, 6.07) is 4.32. The lowest BCUT2D eigenvalue weighted by Crippen LogP contribution is -2.39. The number of fused-ring (bicyclic) bond motifs is 2. The molecule has 6 nitrogen and oxygen atoms in total. The molecule has 8 heteroatoms. The summed E-state index contributed by atoms with van der Waals surface area (Å²) in [5.74, 6) is 0.458. The van der Waals surface area contributed by atoms with Crippen LogP contribution in [0.2, 0.25) is 0 Å². The first-order chi connectivity index (χ1) is 12.1. The summed E-state index contributed by atoms with van der Waals surface area (Å²) in [6.07, 6.45) is 6.59. The molecule has 1 aliphatic carbocycles. The summed E-state index contributed by atoms with van der Waals surface area (Å²) in [6.45, 7) is 0. The van der Waals surface area contributed by atoms with Gasteiger partial charge in [0.05, 0.1) is 5.70 Å². The number of rotatable bonds is 1. The number of allylic oxidation sites excluding steroid dienone is 5. The van der Waals surface area contributed by atoms with E-state index < -0.39 is 5.82 Å². The van der Waals surface area contributed by atoms with Gasteiger partial charge in [-0.15, -0.1) is 0 Å². The lowest BCUT2D eigenvalue weighted by atomic mass is 9.84. The second kappa shape index (κ2) is 5.06. The van der Waals surface area contributed by atoms with Gasteiger partial charge in [-0.05, 0) is 42.2 Å². The van der Waals surface area contributed by atoms with Crippen molar-refractivity contribution < 1.29 is 9.50 Å². The van der Waals surface area contributed by atoms with Crippen LogP contribution in [-0.2, 0) is 0 Å². The zero-order valence-corrected chi connectivity index (χ0v) is 13.8. The topological polar surface area (TPSA) is 85.9 Å². The number of benzene rings is 1. The first kappa shape index (κ1) is 14.5. The molecule has 126 valence electrons. The first-order valence-electron chi connectivity index (χ1n) is 7.81. The van der Waals surface area contributed by atoms with E-state index >= 15 is 0 Å². The Labute approximate surface area is 147 Å². The monoisotopic (exact) mass is 355 g/mol. The fourth-order valence-corrected chi connectivity index (χ4v) is 4.44. The molecule has 4 aliphatic rings. The largest absolute Gasteiger partial charge is 0.508 e. The van der Waals surface area contributed by atoms with Crippen molar-refractivity contribution in [2.75, 3.05) is 0 Å². The Kier molecular flexibility index (Phi) is 2.93. The molecule has 3 aliphatic heterocycles. The summed E-state index contributed by atoms with van der Waals surface area (Å²) >= 11 is 1.51. The summed E-state index contributed by atoms with van der Waals surface area (Å²) < 4.78 is 17.8. The lowest BCUT2D eigenvalue weighted by Gasteiger charge is -2.29. The van der Waals surface area contributed by atoms with E-state index in [2.05, 4.69) is 21.2 Å². The highest BCUT2D eigenvalue weighted by Crippen LogP contribution is 2.49. The molecule has 0 saturated carbocycles. The number of hydrazine groups is 1. The maximum absolute atomic E-state index is 14.4. The van der Waals surface area contributed by atoms with Gasteiger partial charge in [0.25, 0.3) is 0 Å². The fraction of sp³-hybridized carbons (Fsp3) is 0.118. The van der Waals surface area contributed by atoms with Gasteiger partial charge in [0.2, 0.25) is 5.96 Å². The van der Waals surface area contributed by atoms with E-state index in [0.29, 0.717) is 17.9 Å². The molecule has 0 spiro atoms. The summed E-state index contributed by atoms with van der Waals surface area (Å²) in [7, 11) is 0. The second-order valence-electron chi connectivity index (χ2n) is 6.08. The van der Waals surface area contributed by atoms with Crippen molar-refractivity contribution in [1.29, 1.82) is 0 Å².